The summed E-state index contributed by atoms with van der Waals surface area (Å²) in [5.41, 5.74) is 0. The molecule has 2 nitrogen and oxygen atoms in total. The maximum Gasteiger partial charge on any atom is 0.164 e. The van der Waals surface area contributed by atoms with Gasteiger partial charge in [0.25, 0.3) is 0 Å². The van der Waals surface area contributed by atoms with Crippen molar-refractivity contribution in [1.29, 1.82) is 0 Å². The molecule has 4 heteroatoms. The van der Waals surface area contributed by atoms with Gasteiger partial charge in [-0.05, 0) is 12.8 Å². The second-order valence-electron chi connectivity index (χ2n) is 4.12. The summed E-state index contributed by atoms with van der Waals surface area (Å²) in [7, 11) is 0. The summed E-state index contributed by atoms with van der Waals surface area (Å²) in [6.07, 6.45) is 3.70. The summed E-state index contributed by atoms with van der Waals surface area (Å²) in [5, 5.41) is 0. The summed E-state index contributed by atoms with van der Waals surface area (Å²) < 4.78 is 37.1. The standard InChI is InChI=1S/C14H20F2O2/c1-3-5-7-17-13-9-11(15)12(16)10-14(13)18-8-6-4-2/h9-10H,3-8H2,1-2H3. The molecule has 0 aliphatic rings. The third-order valence-electron chi connectivity index (χ3n) is 2.50. The number of halogens is 2. The van der Waals surface area contributed by atoms with Crippen LogP contribution in [0.5, 0.6) is 11.5 Å². The Kier molecular flexibility index (Phi) is 6.47. The van der Waals surface area contributed by atoms with Crippen molar-refractivity contribution in [2.24, 2.45) is 0 Å². The van der Waals surface area contributed by atoms with Crippen LogP contribution in [0.2, 0.25) is 0 Å². The minimum absolute atomic E-state index is 0.276. The smallest absolute Gasteiger partial charge is 0.164 e. The molecule has 0 aromatic heterocycles. The minimum Gasteiger partial charge on any atom is -0.490 e. The molecule has 18 heavy (non-hydrogen) atoms. The third-order valence-corrected chi connectivity index (χ3v) is 2.50. The highest BCUT2D eigenvalue weighted by molar-refractivity contribution is 5.40. The first kappa shape index (κ1) is 14.7. The fourth-order valence-electron chi connectivity index (χ4n) is 1.39. The SMILES string of the molecule is CCCCOc1cc(F)c(F)cc1OCCCC. The largest absolute Gasteiger partial charge is 0.490 e. The van der Waals surface area contributed by atoms with Gasteiger partial charge in [0, 0.05) is 12.1 Å². The van der Waals surface area contributed by atoms with E-state index < -0.39 is 11.6 Å². The molecule has 0 saturated carbocycles. The zero-order valence-electron chi connectivity index (χ0n) is 11.0. The van der Waals surface area contributed by atoms with Crippen molar-refractivity contribution in [3.05, 3.63) is 23.8 Å². The normalized spacial score (nSPS) is 10.4. The molecule has 0 unspecified atom stereocenters. The van der Waals surface area contributed by atoms with Crippen molar-refractivity contribution in [1.82, 2.24) is 0 Å². The van der Waals surface area contributed by atoms with Gasteiger partial charge >= 0.3 is 0 Å². The average molecular weight is 258 g/mol. The van der Waals surface area contributed by atoms with Gasteiger partial charge in [-0.1, -0.05) is 26.7 Å². The van der Waals surface area contributed by atoms with Crippen molar-refractivity contribution in [2.75, 3.05) is 13.2 Å². The summed E-state index contributed by atoms with van der Waals surface area (Å²) in [5.74, 6) is -1.27. The Hall–Kier alpha value is -1.32. The van der Waals surface area contributed by atoms with Crippen LogP contribution in [0.25, 0.3) is 0 Å². The van der Waals surface area contributed by atoms with E-state index in [9.17, 15) is 8.78 Å². The van der Waals surface area contributed by atoms with Gasteiger partial charge < -0.3 is 9.47 Å². The Morgan fingerprint density at radius 3 is 1.56 bits per heavy atom. The van der Waals surface area contributed by atoms with E-state index in [0.29, 0.717) is 13.2 Å². The fraction of sp³-hybridized carbons (Fsp3) is 0.571. The van der Waals surface area contributed by atoms with Gasteiger partial charge in [-0.15, -0.1) is 0 Å². The van der Waals surface area contributed by atoms with Crippen LogP contribution < -0.4 is 9.47 Å². The van der Waals surface area contributed by atoms with Crippen LogP contribution in [0, 0.1) is 11.6 Å². The molecule has 1 aromatic carbocycles. The maximum atomic E-state index is 13.1. The average Bonchev–Trinajstić information content (AvgIpc) is 2.35. The predicted molar refractivity (Wildman–Crippen MR) is 67.2 cm³/mol. The van der Waals surface area contributed by atoms with Crippen molar-refractivity contribution in [2.45, 2.75) is 39.5 Å². The molecule has 1 rings (SSSR count). The van der Waals surface area contributed by atoms with Gasteiger partial charge in [0.1, 0.15) is 0 Å². The fourth-order valence-corrected chi connectivity index (χ4v) is 1.39. The molecular formula is C14H20F2O2. The second kappa shape index (κ2) is 7.90. The Bertz CT molecular complexity index is 332. The molecule has 0 N–H and O–H groups in total. The molecule has 102 valence electrons. The molecule has 0 aliphatic heterocycles. The van der Waals surface area contributed by atoms with E-state index in [1.807, 2.05) is 13.8 Å². The highest BCUT2D eigenvalue weighted by Gasteiger charge is 2.12. The van der Waals surface area contributed by atoms with E-state index in [4.69, 9.17) is 9.47 Å². The Morgan fingerprint density at radius 1 is 0.833 bits per heavy atom. The number of hydrogen-bond donors (Lipinski definition) is 0. The van der Waals surface area contributed by atoms with Gasteiger partial charge in [-0.2, -0.15) is 0 Å². The molecule has 1 aromatic rings. The molecular weight excluding hydrogens is 238 g/mol. The topological polar surface area (TPSA) is 18.5 Å². The predicted octanol–water partition coefficient (Wildman–Crippen LogP) is 4.32. The van der Waals surface area contributed by atoms with Gasteiger partial charge in [-0.3, -0.25) is 0 Å². The summed E-state index contributed by atoms with van der Waals surface area (Å²) in [6.45, 7) is 5.03. The van der Waals surface area contributed by atoms with Crippen LogP contribution in [0.1, 0.15) is 39.5 Å². The lowest BCUT2D eigenvalue weighted by atomic mass is 10.3. The first-order valence-corrected chi connectivity index (χ1v) is 6.43. The molecule has 0 fully saturated rings. The van der Waals surface area contributed by atoms with Gasteiger partial charge in [0.2, 0.25) is 0 Å². The molecule has 0 bridgehead atoms. The summed E-state index contributed by atoms with van der Waals surface area (Å²) >= 11 is 0. The monoisotopic (exact) mass is 258 g/mol. The van der Waals surface area contributed by atoms with Crippen LogP contribution in [0.15, 0.2) is 12.1 Å². The summed E-state index contributed by atoms with van der Waals surface area (Å²) in [4.78, 5) is 0. The molecule has 0 spiro atoms. The highest BCUT2D eigenvalue weighted by Crippen LogP contribution is 2.30. The van der Waals surface area contributed by atoms with E-state index >= 15 is 0 Å². The van der Waals surface area contributed by atoms with Gasteiger partial charge in [0.05, 0.1) is 13.2 Å². The molecule has 0 aliphatic carbocycles. The second-order valence-corrected chi connectivity index (χ2v) is 4.12. The number of benzene rings is 1. The number of hydrogen-bond acceptors (Lipinski definition) is 2. The molecule has 0 amide bonds. The first-order valence-electron chi connectivity index (χ1n) is 6.43. The van der Waals surface area contributed by atoms with Crippen LogP contribution in [0.4, 0.5) is 8.78 Å². The zero-order chi connectivity index (χ0) is 13.4. The van der Waals surface area contributed by atoms with Gasteiger partial charge in [0.15, 0.2) is 23.1 Å². The zero-order valence-corrected chi connectivity index (χ0v) is 11.0. The molecule has 0 atom stereocenters. The Labute approximate surface area is 107 Å². The van der Waals surface area contributed by atoms with Crippen molar-refractivity contribution in [3.8, 4) is 11.5 Å². The van der Waals surface area contributed by atoms with E-state index in [2.05, 4.69) is 0 Å². The van der Waals surface area contributed by atoms with Crippen LogP contribution in [-0.4, -0.2) is 13.2 Å². The van der Waals surface area contributed by atoms with E-state index in [-0.39, 0.29) is 11.5 Å². The molecule has 0 heterocycles. The molecule has 0 saturated heterocycles. The van der Waals surface area contributed by atoms with Gasteiger partial charge in [-0.25, -0.2) is 8.78 Å². The number of unbranched alkanes of at least 4 members (excludes halogenated alkanes) is 2. The Balaban J connectivity index is 2.73. The van der Waals surface area contributed by atoms with Crippen molar-refractivity contribution in [3.63, 3.8) is 0 Å². The van der Waals surface area contributed by atoms with Crippen molar-refractivity contribution >= 4 is 0 Å². The van der Waals surface area contributed by atoms with E-state index in [0.717, 1.165) is 37.8 Å². The summed E-state index contributed by atoms with van der Waals surface area (Å²) in [6, 6.07) is 2.10. The first-order chi connectivity index (χ1) is 8.69. The quantitative estimate of drug-likeness (QED) is 0.646. The lowest BCUT2D eigenvalue weighted by Gasteiger charge is -2.13. The Morgan fingerprint density at radius 2 is 1.22 bits per heavy atom. The maximum absolute atomic E-state index is 13.1. The highest BCUT2D eigenvalue weighted by atomic mass is 19.2. The van der Waals surface area contributed by atoms with E-state index in [1.54, 1.807) is 0 Å². The number of rotatable bonds is 8. The molecule has 0 radical (unpaired) electrons. The van der Waals surface area contributed by atoms with E-state index in [1.165, 1.54) is 0 Å². The number of ether oxygens (including phenoxy) is 2. The lowest BCUT2D eigenvalue weighted by Crippen LogP contribution is -2.03. The van der Waals surface area contributed by atoms with Crippen LogP contribution in [0.3, 0.4) is 0 Å². The van der Waals surface area contributed by atoms with Crippen LogP contribution >= 0.6 is 0 Å². The van der Waals surface area contributed by atoms with Crippen molar-refractivity contribution < 1.29 is 18.3 Å². The third kappa shape index (κ3) is 4.51. The minimum atomic E-state index is -0.913. The lowest BCUT2D eigenvalue weighted by molar-refractivity contribution is 0.258. The van der Waals surface area contributed by atoms with Crippen LogP contribution in [-0.2, 0) is 0 Å².